The van der Waals surface area contributed by atoms with Gasteiger partial charge >= 0.3 is 0 Å². The molecule has 28 heavy (non-hydrogen) atoms. The molecule has 3 N–H and O–H groups in total. The van der Waals surface area contributed by atoms with E-state index in [-0.39, 0.29) is 0 Å². The van der Waals surface area contributed by atoms with Crippen LogP contribution in [-0.4, -0.2) is 60.1 Å². The summed E-state index contributed by atoms with van der Waals surface area (Å²) in [5.41, 5.74) is 11.3. The Bertz CT molecular complexity index is 826. The van der Waals surface area contributed by atoms with Gasteiger partial charge in [-0.25, -0.2) is 5.43 Å². The smallest absolute Gasteiger partial charge is 0.250 e. The van der Waals surface area contributed by atoms with Crippen molar-refractivity contribution in [3.8, 4) is 0 Å². The summed E-state index contributed by atoms with van der Waals surface area (Å²) in [5, 5.41) is 4.46. The molecule has 2 aliphatic rings. The highest BCUT2D eigenvalue weighted by atomic mass is 16.5. The Balaban J connectivity index is 1.58. The highest BCUT2D eigenvalue weighted by molar-refractivity contribution is 5.99. The molecule has 2 fully saturated rings. The Kier molecular flexibility index (Phi) is 5.52. The summed E-state index contributed by atoms with van der Waals surface area (Å²) in [4.78, 5) is 18.2. The third-order valence-corrected chi connectivity index (χ3v) is 4.95. The van der Waals surface area contributed by atoms with E-state index < -0.39 is 0 Å². The summed E-state index contributed by atoms with van der Waals surface area (Å²) in [6, 6.07) is 7.61. The Morgan fingerprint density at radius 1 is 0.964 bits per heavy atom. The van der Waals surface area contributed by atoms with Crippen LogP contribution in [0.25, 0.3) is 0 Å². The SMILES string of the molecule is C/C(=N\Nc1nc(N2CCCC2)nc(N2CCOCC2)n1)c1ccc(N)cc1. The molecule has 0 aliphatic carbocycles. The van der Waals surface area contributed by atoms with Gasteiger partial charge in [0.05, 0.1) is 18.9 Å². The third kappa shape index (κ3) is 4.30. The van der Waals surface area contributed by atoms with Crippen molar-refractivity contribution in [2.24, 2.45) is 5.10 Å². The predicted molar refractivity (Wildman–Crippen MR) is 111 cm³/mol. The molecule has 4 rings (SSSR count). The zero-order chi connectivity index (χ0) is 19.3. The molecule has 1 aromatic carbocycles. The van der Waals surface area contributed by atoms with E-state index in [1.165, 1.54) is 0 Å². The largest absolute Gasteiger partial charge is 0.399 e. The Morgan fingerprint density at radius 2 is 1.57 bits per heavy atom. The molecule has 0 saturated carbocycles. The third-order valence-electron chi connectivity index (χ3n) is 4.95. The lowest BCUT2D eigenvalue weighted by molar-refractivity contribution is 0.122. The molecule has 2 aliphatic heterocycles. The fraction of sp³-hybridized carbons (Fsp3) is 0.474. The van der Waals surface area contributed by atoms with Crippen LogP contribution in [-0.2, 0) is 4.74 Å². The monoisotopic (exact) mass is 382 g/mol. The molecular weight excluding hydrogens is 356 g/mol. The van der Waals surface area contributed by atoms with Crippen LogP contribution < -0.4 is 21.0 Å². The van der Waals surface area contributed by atoms with Crippen LogP contribution in [0.3, 0.4) is 0 Å². The van der Waals surface area contributed by atoms with E-state index in [4.69, 9.17) is 15.5 Å². The van der Waals surface area contributed by atoms with Gasteiger partial charge in [-0.05, 0) is 37.5 Å². The highest BCUT2D eigenvalue weighted by Gasteiger charge is 2.21. The van der Waals surface area contributed by atoms with Crippen molar-refractivity contribution in [2.45, 2.75) is 19.8 Å². The first-order chi connectivity index (χ1) is 13.7. The molecule has 0 radical (unpaired) electrons. The lowest BCUT2D eigenvalue weighted by Gasteiger charge is -2.27. The fourth-order valence-electron chi connectivity index (χ4n) is 3.29. The molecule has 1 aromatic heterocycles. The first kappa shape index (κ1) is 18.4. The van der Waals surface area contributed by atoms with Gasteiger partial charge in [0.1, 0.15) is 0 Å². The summed E-state index contributed by atoms with van der Waals surface area (Å²) in [5.74, 6) is 1.83. The Hall–Kier alpha value is -2.94. The van der Waals surface area contributed by atoms with Crippen LogP contribution >= 0.6 is 0 Å². The number of benzene rings is 1. The lowest BCUT2D eigenvalue weighted by atomic mass is 10.1. The summed E-state index contributed by atoms with van der Waals surface area (Å²) in [7, 11) is 0. The molecular formula is C19H26N8O. The summed E-state index contributed by atoms with van der Waals surface area (Å²) < 4.78 is 5.45. The van der Waals surface area contributed by atoms with Gasteiger partial charge in [-0.1, -0.05) is 12.1 Å². The second-order valence-electron chi connectivity index (χ2n) is 6.98. The van der Waals surface area contributed by atoms with Crippen LogP contribution in [0.5, 0.6) is 0 Å². The van der Waals surface area contributed by atoms with Gasteiger partial charge in [0.15, 0.2) is 0 Å². The molecule has 2 aromatic rings. The van der Waals surface area contributed by atoms with Gasteiger partial charge < -0.3 is 20.3 Å². The maximum atomic E-state index is 5.76. The molecule has 0 spiro atoms. The van der Waals surface area contributed by atoms with Gasteiger partial charge in [-0.15, -0.1) is 0 Å². The summed E-state index contributed by atoms with van der Waals surface area (Å²) in [6.07, 6.45) is 2.32. The van der Waals surface area contributed by atoms with Gasteiger partial charge in [0.2, 0.25) is 17.8 Å². The number of anilines is 4. The maximum Gasteiger partial charge on any atom is 0.250 e. The number of nitrogen functional groups attached to an aromatic ring is 1. The van der Waals surface area contributed by atoms with Crippen LogP contribution in [0.1, 0.15) is 25.3 Å². The number of nitrogens with two attached hydrogens (primary N) is 1. The van der Waals surface area contributed by atoms with Crippen molar-refractivity contribution in [3.63, 3.8) is 0 Å². The molecule has 148 valence electrons. The minimum atomic E-state index is 0.452. The first-order valence-electron chi connectivity index (χ1n) is 9.69. The van der Waals surface area contributed by atoms with Gasteiger partial charge in [-0.2, -0.15) is 20.1 Å². The van der Waals surface area contributed by atoms with E-state index in [1.54, 1.807) is 0 Å². The molecule has 0 unspecified atom stereocenters. The normalized spacial score (nSPS) is 17.8. The number of hydrazone groups is 1. The average Bonchev–Trinajstić information content (AvgIpc) is 3.28. The zero-order valence-electron chi connectivity index (χ0n) is 16.1. The van der Waals surface area contributed by atoms with Crippen LogP contribution in [0.2, 0.25) is 0 Å². The standard InChI is InChI=1S/C19H26N8O/c1-14(15-4-6-16(20)7-5-15)24-25-17-21-18(26-8-2-3-9-26)23-19(22-17)27-10-12-28-13-11-27/h4-7H,2-3,8-13,20H2,1H3,(H,21,22,23,25)/b24-14+. The van der Waals surface area contributed by atoms with E-state index in [0.29, 0.717) is 31.1 Å². The van der Waals surface area contributed by atoms with E-state index in [9.17, 15) is 0 Å². The number of hydrogen-bond acceptors (Lipinski definition) is 9. The van der Waals surface area contributed by atoms with Gasteiger partial charge in [-0.3, -0.25) is 0 Å². The number of rotatable bonds is 5. The Labute approximate surface area is 164 Å². The number of morpholine rings is 1. The van der Waals surface area contributed by atoms with Crippen molar-refractivity contribution in [1.29, 1.82) is 0 Å². The average molecular weight is 382 g/mol. The maximum absolute atomic E-state index is 5.76. The summed E-state index contributed by atoms with van der Waals surface area (Å²) >= 11 is 0. The van der Waals surface area contributed by atoms with Crippen LogP contribution in [0, 0.1) is 0 Å². The molecule has 0 bridgehead atoms. The minimum Gasteiger partial charge on any atom is -0.399 e. The molecule has 9 heteroatoms. The van der Waals surface area contributed by atoms with Crippen molar-refractivity contribution in [1.82, 2.24) is 15.0 Å². The second-order valence-corrected chi connectivity index (χ2v) is 6.98. The Morgan fingerprint density at radius 3 is 2.21 bits per heavy atom. The molecule has 2 saturated heterocycles. The van der Waals surface area contributed by atoms with E-state index in [1.807, 2.05) is 31.2 Å². The van der Waals surface area contributed by atoms with Crippen molar-refractivity contribution >= 4 is 29.2 Å². The fourth-order valence-corrected chi connectivity index (χ4v) is 3.29. The topological polar surface area (TPSA) is 105 Å². The van der Waals surface area contributed by atoms with Crippen LogP contribution in [0.15, 0.2) is 29.4 Å². The lowest BCUT2D eigenvalue weighted by Crippen LogP contribution is -2.38. The van der Waals surface area contributed by atoms with E-state index >= 15 is 0 Å². The molecule has 9 nitrogen and oxygen atoms in total. The highest BCUT2D eigenvalue weighted by Crippen LogP contribution is 2.21. The van der Waals surface area contributed by atoms with Crippen molar-refractivity contribution in [3.05, 3.63) is 29.8 Å². The van der Waals surface area contributed by atoms with Crippen molar-refractivity contribution in [2.75, 3.05) is 60.4 Å². The zero-order valence-corrected chi connectivity index (χ0v) is 16.1. The van der Waals surface area contributed by atoms with Crippen molar-refractivity contribution < 1.29 is 4.74 Å². The molecule has 0 amide bonds. The molecule has 3 heterocycles. The van der Waals surface area contributed by atoms with E-state index in [2.05, 4.69) is 30.3 Å². The van der Waals surface area contributed by atoms with Crippen LogP contribution in [0.4, 0.5) is 23.5 Å². The summed E-state index contributed by atoms with van der Waals surface area (Å²) in [6.45, 7) is 6.79. The number of nitrogens with zero attached hydrogens (tertiary/aromatic N) is 6. The quantitative estimate of drug-likeness (QED) is 0.458. The van der Waals surface area contributed by atoms with Gasteiger partial charge in [0.25, 0.3) is 0 Å². The first-order valence-corrected chi connectivity index (χ1v) is 9.69. The minimum absolute atomic E-state index is 0.452. The van der Waals surface area contributed by atoms with E-state index in [0.717, 1.165) is 56.0 Å². The second kappa shape index (κ2) is 8.39. The number of hydrogen-bond donors (Lipinski definition) is 2. The number of aromatic nitrogens is 3. The predicted octanol–water partition coefficient (Wildman–Crippen LogP) is 1.73. The van der Waals surface area contributed by atoms with Gasteiger partial charge in [0, 0.05) is 31.9 Å². The number of ether oxygens (including phenoxy) is 1. The molecule has 0 atom stereocenters. The number of nitrogens with one attached hydrogen (secondary N) is 1.